The van der Waals surface area contributed by atoms with E-state index in [2.05, 4.69) is 199 Å². The maximum atomic E-state index is 6.90. The van der Waals surface area contributed by atoms with Crippen molar-refractivity contribution < 1.29 is 9.15 Å². The Bertz CT molecular complexity index is 3450. The lowest BCUT2D eigenvalue weighted by Gasteiger charge is -2.39. The molecule has 9 aromatic carbocycles. The summed E-state index contributed by atoms with van der Waals surface area (Å²) in [5.74, 6) is 1.78. The third-order valence-corrected chi connectivity index (χ3v) is 12.7. The van der Waals surface area contributed by atoms with Crippen molar-refractivity contribution in [2.24, 2.45) is 0 Å². The average Bonchev–Trinajstić information content (AvgIpc) is 3.93. The van der Waals surface area contributed by atoms with E-state index in [0.717, 1.165) is 66.9 Å². The topological polar surface area (TPSA) is 27.3 Å². The normalized spacial score (nSPS) is 13.4. The number of aromatic nitrogens is 1. The van der Waals surface area contributed by atoms with Crippen LogP contribution in [-0.4, -0.2) is 4.57 Å². The molecule has 0 unspecified atom stereocenters. The molecule has 0 amide bonds. The molecule has 3 heteroatoms. The fourth-order valence-electron chi connectivity index (χ4n) is 10.3. The van der Waals surface area contributed by atoms with Crippen LogP contribution in [0.4, 0.5) is 0 Å². The van der Waals surface area contributed by atoms with Crippen LogP contribution in [0.2, 0.25) is 0 Å². The average molecular weight is 740 g/mol. The zero-order valence-electron chi connectivity index (χ0n) is 31.3. The molecule has 2 aromatic heterocycles. The quantitative estimate of drug-likeness (QED) is 0.180. The minimum absolute atomic E-state index is 0.487. The minimum Gasteiger partial charge on any atom is -0.457 e. The van der Waals surface area contributed by atoms with E-state index in [1.807, 2.05) is 6.07 Å². The Morgan fingerprint density at radius 3 is 1.83 bits per heavy atom. The van der Waals surface area contributed by atoms with Crippen molar-refractivity contribution >= 4 is 43.7 Å². The first-order valence-electron chi connectivity index (χ1n) is 19.9. The summed E-state index contributed by atoms with van der Waals surface area (Å²) in [4.78, 5) is 0. The van der Waals surface area contributed by atoms with E-state index in [9.17, 15) is 0 Å². The van der Waals surface area contributed by atoms with Gasteiger partial charge in [-0.15, -0.1) is 0 Å². The summed E-state index contributed by atoms with van der Waals surface area (Å²) in [6.45, 7) is 0. The third kappa shape index (κ3) is 4.12. The van der Waals surface area contributed by atoms with Crippen LogP contribution in [0.25, 0.3) is 82.8 Å². The van der Waals surface area contributed by atoms with Crippen LogP contribution in [0.15, 0.2) is 205 Å². The van der Waals surface area contributed by atoms with Gasteiger partial charge >= 0.3 is 0 Å². The SMILES string of the molecule is c1ccc(-n2c3cc(-c4ccc5c(c4)Oc4ccccc4C54c5ccccc5-c5ccccc54)ccc3c3cccc(-c4cccc5oc6ccccc6c45)c32)cc1. The molecule has 270 valence electrons. The highest BCUT2D eigenvalue weighted by atomic mass is 16.5. The first-order chi connectivity index (χ1) is 28.8. The number of hydrogen-bond donors (Lipinski definition) is 0. The Morgan fingerprint density at radius 1 is 0.379 bits per heavy atom. The van der Waals surface area contributed by atoms with Gasteiger partial charge in [0.15, 0.2) is 0 Å². The number of benzene rings is 9. The molecular weight excluding hydrogens is 707 g/mol. The van der Waals surface area contributed by atoms with Crippen molar-refractivity contribution in [2.75, 3.05) is 0 Å². The number of hydrogen-bond acceptors (Lipinski definition) is 2. The summed E-state index contributed by atoms with van der Waals surface area (Å²) in [6, 6.07) is 72.3. The van der Waals surface area contributed by atoms with Gasteiger partial charge in [-0.25, -0.2) is 0 Å². The predicted molar refractivity (Wildman–Crippen MR) is 236 cm³/mol. The van der Waals surface area contributed by atoms with Crippen molar-refractivity contribution in [2.45, 2.75) is 5.41 Å². The first-order valence-corrected chi connectivity index (χ1v) is 19.9. The summed E-state index contributed by atoms with van der Waals surface area (Å²) < 4.78 is 15.7. The molecule has 0 radical (unpaired) electrons. The van der Waals surface area contributed by atoms with Gasteiger partial charge in [-0.05, 0) is 81.4 Å². The molecule has 3 nitrogen and oxygen atoms in total. The highest BCUT2D eigenvalue weighted by Crippen LogP contribution is 2.62. The van der Waals surface area contributed by atoms with Crippen LogP contribution in [0.1, 0.15) is 22.3 Å². The Hall–Kier alpha value is -7.62. The second kappa shape index (κ2) is 11.7. The van der Waals surface area contributed by atoms with Gasteiger partial charge in [0.25, 0.3) is 0 Å². The van der Waals surface area contributed by atoms with E-state index >= 15 is 0 Å². The van der Waals surface area contributed by atoms with Gasteiger partial charge in [-0.3, -0.25) is 0 Å². The van der Waals surface area contributed by atoms with Gasteiger partial charge in [0.05, 0.1) is 16.4 Å². The summed E-state index contributed by atoms with van der Waals surface area (Å²) in [5, 5.41) is 4.67. The zero-order chi connectivity index (χ0) is 38.0. The molecule has 0 saturated heterocycles. The maximum absolute atomic E-state index is 6.90. The minimum atomic E-state index is -0.487. The van der Waals surface area contributed by atoms with Crippen molar-refractivity contribution in [3.05, 3.63) is 222 Å². The molecule has 1 aliphatic heterocycles. The Balaban J connectivity index is 1.05. The molecule has 2 aliphatic rings. The van der Waals surface area contributed by atoms with Gasteiger partial charge in [-0.2, -0.15) is 0 Å². The molecule has 0 atom stereocenters. The number of furan rings is 1. The van der Waals surface area contributed by atoms with E-state index < -0.39 is 5.41 Å². The van der Waals surface area contributed by atoms with Crippen molar-refractivity contribution in [3.8, 4) is 50.6 Å². The summed E-state index contributed by atoms with van der Waals surface area (Å²) >= 11 is 0. The van der Waals surface area contributed by atoms with E-state index in [1.165, 1.54) is 49.7 Å². The third-order valence-electron chi connectivity index (χ3n) is 12.7. The van der Waals surface area contributed by atoms with Crippen LogP contribution in [0, 0.1) is 0 Å². The van der Waals surface area contributed by atoms with E-state index in [1.54, 1.807) is 0 Å². The number of ether oxygens (including phenoxy) is 1. The fourth-order valence-corrected chi connectivity index (χ4v) is 10.3. The second-order valence-corrected chi connectivity index (χ2v) is 15.5. The van der Waals surface area contributed by atoms with Crippen molar-refractivity contribution in [1.29, 1.82) is 0 Å². The van der Waals surface area contributed by atoms with Gasteiger partial charge in [0.2, 0.25) is 0 Å². The lowest BCUT2D eigenvalue weighted by atomic mass is 9.66. The van der Waals surface area contributed by atoms with Gasteiger partial charge in [0, 0.05) is 43.9 Å². The van der Waals surface area contributed by atoms with Crippen LogP contribution in [-0.2, 0) is 5.41 Å². The maximum Gasteiger partial charge on any atom is 0.136 e. The molecule has 0 bridgehead atoms. The highest BCUT2D eigenvalue weighted by Gasteiger charge is 2.50. The largest absolute Gasteiger partial charge is 0.457 e. The smallest absolute Gasteiger partial charge is 0.136 e. The predicted octanol–water partition coefficient (Wildman–Crippen LogP) is 14.5. The fraction of sp³-hybridized carbons (Fsp3) is 0.0182. The molecule has 3 heterocycles. The highest BCUT2D eigenvalue weighted by molar-refractivity contribution is 6.19. The van der Waals surface area contributed by atoms with Crippen LogP contribution < -0.4 is 4.74 Å². The first kappa shape index (κ1) is 31.6. The lowest BCUT2D eigenvalue weighted by Crippen LogP contribution is -2.32. The summed E-state index contributed by atoms with van der Waals surface area (Å²) in [6.07, 6.45) is 0. The number of rotatable bonds is 3. The number of nitrogens with zero attached hydrogens (tertiary/aromatic N) is 1. The number of fused-ring (bicyclic) bond motifs is 15. The van der Waals surface area contributed by atoms with Gasteiger partial charge in [-0.1, -0.05) is 158 Å². The Morgan fingerprint density at radius 2 is 0.983 bits per heavy atom. The van der Waals surface area contributed by atoms with E-state index in [-0.39, 0.29) is 0 Å². The van der Waals surface area contributed by atoms with E-state index in [0.29, 0.717) is 0 Å². The van der Waals surface area contributed by atoms with Crippen LogP contribution >= 0.6 is 0 Å². The van der Waals surface area contributed by atoms with Crippen molar-refractivity contribution in [3.63, 3.8) is 0 Å². The molecule has 0 N–H and O–H groups in total. The molecule has 13 rings (SSSR count). The van der Waals surface area contributed by atoms with Crippen molar-refractivity contribution in [1.82, 2.24) is 4.57 Å². The standard InChI is InChI=1S/C55H33NO2/c1-2-14-36(15-3-1)56-48-32-34(28-30-39(48)41-20-12-21-42(54(41)56)40-19-13-27-51-53(40)43-18-6-10-25-49(43)57-51)35-29-31-47-52(33-35)58-50-26-11-9-24-46(50)55(47)44-22-7-4-16-37(44)38-17-5-8-23-45(38)55/h1-33H. The molecule has 1 spiro atoms. The molecule has 1 aliphatic carbocycles. The zero-order valence-corrected chi connectivity index (χ0v) is 31.3. The second-order valence-electron chi connectivity index (χ2n) is 15.5. The van der Waals surface area contributed by atoms with Crippen LogP contribution in [0.3, 0.4) is 0 Å². The molecular formula is C55H33NO2. The van der Waals surface area contributed by atoms with Crippen LogP contribution in [0.5, 0.6) is 11.5 Å². The Labute approximate surface area is 334 Å². The lowest BCUT2D eigenvalue weighted by molar-refractivity contribution is 0.436. The molecule has 0 saturated carbocycles. The van der Waals surface area contributed by atoms with Gasteiger partial charge in [0.1, 0.15) is 22.7 Å². The summed E-state index contributed by atoms with van der Waals surface area (Å²) in [7, 11) is 0. The van der Waals surface area contributed by atoms with E-state index in [4.69, 9.17) is 9.15 Å². The monoisotopic (exact) mass is 739 g/mol. The van der Waals surface area contributed by atoms with Gasteiger partial charge < -0.3 is 13.7 Å². The molecule has 11 aromatic rings. The molecule has 58 heavy (non-hydrogen) atoms. The summed E-state index contributed by atoms with van der Waals surface area (Å²) in [5.41, 5.74) is 16.8. The number of para-hydroxylation sites is 4. The molecule has 0 fully saturated rings. The Kier molecular flexibility index (Phi) is 6.37.